The molecule has 1 aromatic heterocycles. The molecule has 2 aliphatic rings. The molecule has 2 aromatic rings. The molecule has 1 N–H and O–H groups in total. The average Bonchev–Trinajstić information content (AvgIpc) is 2.96. The van der Waals surface area contributed by atoms with Gasteiger partial charge in [-0.3, -0.25) is 14.4 Å². The normalized spacial score (nSPS) is 16.6. The molecule has 1 fully saturated rings. The maximum atomic E-state index is 13.3. The van der Waals surface area contributed by atoms with Gasteiger partial charge < -0.3 is 14.8 Å². The molecule has 1 saturated heterocycles. The third-order valence-electron chi connectivity index (χ3n) is 5.83. The lowest BCUT2D eigenvalue weighted by molar-refractivity contribution is -0.137. The van der Waals surface area contributed by atoms with Gasteiger partial charge >= 0.3 is 0 Å². The summed E-state index contributed by atoms with van der Waals surface area (Å²) in [6.45, 7) is 3.45. The molecule has 152 valence electrons. The van der Waals surface area contributed by atoms with Crippen LogP contribution in [0.3, 0.4) is 0 Å². The summed E-state index contributed by atoms with van der Waals surface area (Å²) >= 11 is 0. The molecule has 0 unspecified atom stereocenters. The summed E-state index contributed by atoms with van der Waals surface area (Å²) in [7, 11) is 0. The summed E-state index contributed by atoms with van der Waals surface area (Å²) in [6.07, 6.45) is 2.17. The molecule has 1 aliphatic carbocycles. The summed E-state index contributed by atoms with van der Waals surface area (Å²) in [6, 6.07) is 6.33. The molecule has 7 heteroatoms. The Morgan fingerprint density at radius 3 is 2.66 bits per heavy atom. The van der Waals surface area contributed by atoms with E-state index in [1.807, 2.05) is 6.92 Å². The van der Waals surface area contributed by atoms with Gasteiger partial charge in [0.05, 0.1) is 13.0 Å². The van der Waals surface area contributed by atoms with Crippen molar-refractivity contribution in [3.05, 3.63) is 58.2 Å². The average molecular weight is 397 g/mol. The van der Waals surface area contributed by atoms with Crippen molar-refractivity contribution in [2.75, 3.05) is 19.6 Å². The van der Waals surface area contributed by atoms with Crippen molar-refractivity contribution in [2.45, 2.75) is 39.2 Å². The Bertz CT molecular complexity index is 978. The van der Waals surface area contributed by atoms with Crippen LogP contribution in [0, 0.1) is 12.7 Å². The molecular formula is C22H24FN3O3. The maximum Gasteiger partial charge on any atom is 0.239 e. The number of ketones is 1. The fraction of sp³-hybridized carbons (Fsp3) is 0.409. The van der Waals surface area contributed by atoms with Crippen LogP contribution >= 0.6 is 0 Å². The Morgan fingerprint density at radius 1 is 1.17 bits per heavy atom. The van der Waals surface area contributed by atoms with Crippen molar-refractivity contribution >= 4 is 17.6 Å². The molecule has 0 bridgehead atoms. The van der Waals surface area contributed by atoms with Crippen LogP contribution in [0.1, 0.15) is 45.7 Å². The van der Waals surface area contributed by atoms with Crippen LogP contribution in [0.25, 0.3) is 0 Å². The zero-order chi connectivity index (χ0) is 20.5. The lowest BCUT2D eigenvalue weighted by atomic mass is 9.92. The first-order valence-electron chi connectivity index (χ1n) is 9.97. The van der Waals surface area contributed by atoms with Crippen molar-refractivity contribution < 1.29 is 18.8 Å². The second kappa shape index (κ2) is 7.81. The fourth-order valence-corrected chi connectivity index (χ4v) is 4.30. The number of Topliss-reactive ketones (excluding diaryl/α,β-unsaturated/α-hetero) is 1. The van der Waals surface area contributed by atoms with E-state index in [0.717, 1.165) is 35.4 Å². The van der Waals surface area contributed by atoms with E-state index in [-0.39, 0.29) is 36.4 Å². The number of rotatable bonds is 4. The van der Waals surface area contributed by atoms with Crippen molar-refractivity contribution in [3.63, 3.8) is 0 Å². The van der Waals surface area contributed by atoms with E-state index in [4.69, 9.17) is 0 Å². The number of hydrogen-bond donors (Lipinski definition) is 1. The highest BCUT2D eigenvalue weighted by atomic mass is 19.1. The van der Waals surface area contributed by atoms with Gasteiger partial charge in [0.1, 0.15) is 5.82 Å². The number of carbonyl (C=O) groups excluding carboxylic acids is 3. The van der Waals surface area contributed by atoms with E-state index in [1.165, 1.54) is 12.1 Å². The number of benzene rings is 1. The highest BCUT2D eigenvalue weighted by molar-refractivity contribution is 6.01. The SMILES string of the molecule is Cc1c(CC(=O)N2CCNC(=O)C2)c2c(n1Cc1ccc(F)cc1)CCCC2=O. The van der Waals surface area contributed by atoms with Gasteiger partial charge in [-0.1, -0.05) is 12.1 Å². The first kappa shape index (κ1) is 19.4. The van der Waals surface area contributed by atoms with Gasteiger partial charge in [-0.05, 0) is 43.0 Å². The zero-order valence-corrected chi connectivity index (χ0v) is 16.5. The summed E-state index contributed by atoms with van der Waals surface area (Å²) in [4.78, 5) is 38.7. The number of aromatic nitrogens is 1. The Morgan fingerprint density at radius 2 is 1.93 bits per heavy atom. The Hall–Kier alpha value is -2.96. The first-order chi connectivity index (χ1) is 13.9. The van der Waals surface area contributed by atoms with Crippen LogP contribution in [-0.4, -0.2) is 46.7 Å². The third-order valence-corrected chi connectivity index (χ3v) is 5.83. The predicted octanol–water partition coefficient (Wildman–Crippen LogP) is 2.00. The summed E-state index contributed by atoms with van der Waals surface area (Å²) in [5.41, 5.74) is 4.23. The number of halogens is 1. The standard InChI is InChI=1S/C22H24FN3O3/c1-14-17(11-21(29)25-10-9-24-20(28)13-25)22-18(3-2-4-19(22)27)26(14)12-15-5-7-16(23)8-6-15/h5-8H,2-4,9-13H2,1H3,(H,24,28). The number of piperazine rings is 1. The van der Waals surface area contributed by atoms with E-state index >= 15 is 0 Å². The lowest BCUT2D eigenvalue weighted by Crippen LogP contribution is -2.50. The molecule has 29 heavy (non-hydrogen) atoms. The van der Waals surface area contributed by atoms with Gasteiger partial charge in [0.25, 0.3) is 0 Å². The molecule has 6 nitrogen and oxygen atoms in total. The highest BCUT2D eigenvalue weighted by Crippen LogP contribution is 2.31. The van der Waals surface area contributed by atoms with Gasteiger partial charge in [0, 0.05) is 43.0 Å². The molecule has 1 aromatic carbocycles. The molecule has 1 aliphatic heterocycles. The highest BCUT2D eigenvalue weighted by Gasteiger charge is 2.30. The minimum atomic E-state index is -0.285. The molecule has 0 radical (unpaired) electrons. The smallest absolute Gasteiger partial charge is 0.239 e. The Labute approximate surface area is 168 Å². The topological polar surface area (TPSA) is 71.4 Å². The van der Waals surface area contributed by atoms with Crippen molar-refractivity contribution in [2.24, 2.45) is 0 Å². The summed E-state index contributed by atoms with van der Waals surface area (Å²) in [5, 5.41) is 2.72. The van der Waals surface area contributed by atoms with E-state index in [0.29, 0.717) is 31.6 Å². The van der Waals surface area contributed by atoms with Crippen molar-refractivity contribution in [1.29, 1.82) is 0 Å². The largest absolute Gasteiger partial charge is 0.353 e. The quantitative estimate of drug-likeness (QED) is 0.858. The second-order valence-corrected chi connectivity index (χ2v) is 7.72. The van der Waals surface area contributed by atoms with Gasteiger partial charge in [-0.25, -0.2) is 4.39 Å². The van der Waals surface area contributed by atoms with Gasteiger partial charge in [-0.2, -0.15) is 0 Å². The Kier molecular flexibility index (Phi) is 5.22. The second-order valence-electron chi connectivity index (χ2n) is 7.72. The molecule has 4 rings (SSSR count). The van der Waals surface area contributed by atoms with E-state index in [2.05, 4.69) is 9.88 Å². The monoisotopic (exact) mass is 397 g/mol. The zero-order valence-electron chi connectivity index (χ0n) is 16.5. The first-order valence-corrected chi connectivity index (χ1v) is 9.97. The molecular weight excluding hydrogens is 373 g/mol. The summed E-state index contributed by atoms with van der Waals surface area (Å²) < 4.78 is 15.3. The van der Waals surface area contributed by atoms with Crippen LogP contribution in [0.15, 0.2) is 24.3 Å². The number of nitrogens with one attached hydrogen (secondary N) is 1. The minimum Gasteiger partial charge on any atom is -0.353 e. The van der Waals surface area contributed by atoms with Crippen LogP contribution < -0.4 is 5.32 Å². The number of amides is 2. The van der Waals surface area contributed by atoms with Crippen LogP contribution in [0.4, 0.5) is 4.39 Å². The number of fused-ring (bicyclic) bond motifs is 1. The fourth-order valence-electron chi connectivity index (χ4n) is 4.30. The molecule has 0 atom stereocenters. The van der Waals surface area contributed by atoms with Crippen LogP contribution in [-0.2, 0) is 29.0 Å². The predicted molar refractivity (Wildman–Crippen MR) is 105 cm³/mol. The van der Waals surface area contributed by atoms with Crippen LogP contribution in [0.5, 0.6) is 0 Å². The maximum absolute atomic E-state index is 13.3. The van der Waals surface area contributed by atoms with Crippen LogP contribution in [0.2, 0.25) is 0 Å². The third kappa shape index (κ3) is 3.81. The number of hydrogen-bond acceptors (Lipinski definition) is 3. The van der Waals surface area contributed by atoms with E-state index < -0.39 is 0 Å². The van der Waals surface area contributed by atoms with Gasteiger partial charge in [0.2, 0.25) is 11.8 Å². The van der Waals surface area contributed by atoms with Crippen molar-refractivity contribution in [1.82, 2.24) is 14.8 Å². The number of carbonyl (C=O) groups is 3. The number of nitrogens with zero attached hydrogens (tertiary/aromatic N) is 2. The van der Waals surface area contributed by atoms with Crippen molar-refractivity contribution in [3.8, 4) is 0 Å². The summed E-state index contributed by atoms with van der Waals surface area (Å²) in [5.74, 6) is -0.505. The molecule has 0 spiro atoms. The van der Waals surface area contributed by atoms with Gasteiger partial charge in [0.15, 0.2) is 5.78 Å². The van der Waals surface area contributed by atoms with E-state index in [1.54, 1.807) is 17.0 Å². The van der Waals surface area contributed by atoms with Gasteiger partial charge in [-0.15, -0.1) is 0 Å². The lowest BCUT2D eigenvalue weighted by Gasteiger charge is -2.27. The molecule has 0 saturated carbocycles. The molecule has 2 amide bonds. The Balaban J connectivity index is 1.67. The minimum absolute atomic E-state index is 0.0598. The van der Waals surface area contributed by atoms with E-state index in [9.17, 15) is 18.8 Å². The molecule has 2 heterocycles.